The highest BCUT2D eigenvalue weighted by Crippen LogP contribution is 2.35. The molecular formula is C13H20N2. The zero-order valence-corrected chi connectivity index (χ0v) is 9.61. The van der Waals surface area contributed by atoms with Crippen LogP contribution in [0.15, 0.2) is 24.3 Å². The first-order valence-electron chi connectivity index (χ1n) is 5.72. The minimum absolute atomic E-state index is 0.685. The van der Waals surface area contributed by atoms with Crippen LogP contribution in [-0.4, -0.2) is 18.0 Å². The van der Waals surface area contributed by atoms with E-state index < -0.39 is 0 Å². The number of benzene rings is 1. The molecule has 0 heterocycles. The molecule has 0 amide bonds. The summed E-state index contributed by atoms with van der Waals surface area (Å²) in [4.78, 5) is 2.41. The van der Waals surface area contributed by atoms with Crippen LogP contribution in [0.4, 0.5) is 5.69 Å². The lowest BCUT2D eigenvalue weighted by Crippen LogP contribution is -2.30. The molecule has 1 fully saturated rings. The zero-order valence-electron chi connectivity index (χ0n) is 9.61. The van der Waals surface area contributed by atoms with Gasteiger partial charge in [-0.3, -0.25) is 4.90 Å². The molecule has 2 rings (SSSR count). The minimum Gasteiger partial charge on any atom is -0.398 e. The molecule has 0 bridgehead atoms. The highest BCUT2D eigenvalue weighted by atomic mass is 15.1. The highest BCUT2D eigenvalue weighted by Gasteiger charge is 2.30. The Morgan fingerprint density at radius 1 is 1.40 bits per heavy atom. The van der Waals surface area contributed by atoms with Crippen molar-refractivity contribution in [3.05, 3.63) is 29.8 Å². The lowest BCUT2D eigenvalue weighted by atomic mass is 10.1. The number of hydrogen-bond donors (Lipinski definition) is 1. The van der Waals surface area contributed by atoms with Crippen molar-refractivity contribution in [1.82, 2.24) is 4.90 Å². The molecule has 1 aliphatic rings. The Balaban J connectivity index is 1.98. The Hall–Kier alpha value is -1.02. The molecule has 1 saturated carbocycles. The lowest BCUT2D eigenvalue weighted by molar-refractivity contribution is 0.227. The maximum atomic E-state index is 5.93. The van der Waals surface area contributed by atoms with Gasteiger partial charge >= 0.3 is 0 Å². The second kappa shape index (κ2) is 4.23. The molecule has 0 radical (unpaired) electrons. The third-order valence-electron chi connectivity index (χ3n) is 3.47. The van der Waals surface area contributed by atoms with Gasteiger partial charge in [0, 0.05) is 18.3 Å². The second-order valence-corrected chi connectivity index (χ2v) is 4.69. The van der Waals surface area contributed by atoms with E-state index in [1.807, 2.05) is 12.1 Å². The van der Waals surface area contributed by atoms with Crippen LogP contribution in [0.5, 0.6) is 0 Å². The van der Waals surface area contributed by atoms with Gasteiger partial charge in [-0.05, 0) is 44.4 Å². The maximum absolute atomic E-state index is 5.93. The van der Waals surface area contributed by atoms with Crippen LogP contribution < -0.4 is 5.73 Å². The number of nitrogen functional groups attached to an aromatic ring is 1. The van der Waals surface area contributed by atoms with Crippen molar-refractivity contribution >= 4 is 5.69 Å². The Morgan fingerprint density at radius 3 is 2.67 bits per heavy atom. The maximum Gasteiger partial charge on any atom is 0.0359 e. The molecule has 2 nitrogen and oxygen atoms in total. The first-order valence-corrected chi connectivity index (χ1v) is 5.72. The molecule has 1 unspecified atom stereocenters. The third kappa shape index (κ3) is 2.51. The molecule has 0 spiro atoms. The van der Waals surface area contributed by atoms with Gasteiger partial charge in [0.25, 0.3) is 0 Å². The van der Waals surface area contributed by atoms with Crippen molar-refractivity contribution in [2.24, 2.45) is 5.92 Å². The van der Waals surface area contributed by atoms with Crippen LogP contribution in [0, 0.1) is 5.92 Å². The van der Waals surface area contributed by atoms with Gasteiger partial charge in [0.05, 0.1) is 0 Å². The van der Waals surface area contributed by atoms with Gasteiger partial charge in [0.2, 0.25) is 0 Å². The van der Waals surface area contributed by atoms with E-state index in [1.165, 1.54) is 18.4 Å². The van der Waals surface area contributed by atoms with Gasteiger partial charge in [0.15, 0.2) is 0 Å². The summed E-state index contributed by atoms with van der Waals surface area (Å²) in [6.45, 7) is 3.28. The zero-order chi connectivity index (χ0) is 10.8. The van der Waals surface area contributed by atoms with E-state index in [0.29, 0.717) is 6.04 Å². The fourth-order valence-corrected chi connectivity index (χ4v) is 2.03. The van der Waals surface area contributed by atoms with E-state index in [-0.39, 0.29) is 0 Å². The van der Waals surface area contributed by atoms with Crippen molar-refractivity contribution in [3.63, 3.8) is 0 Å². The van der Waals surface area contributed by atoms with Crippen LogP contribution in [0.2, 0.25) is 0 Å². The Bertz CT molecular complexity index is 331. The summed E-state index contributed by atoms with van der Waals surface area (Å²) in [6.07, 6.45) is 2.80. The SMILES string of the molecule is CC(C1CC1)N(C)Cc1ccccc1N. The molecule has 1 aromatic rings. The summed E-state index contributed by atoms with van der Waals surface area (Å²) in [5, 5.41) is 0. The van der Waals surface area contributed by atoms with Gasteiger partial charge in [-0.1, -0.05) is 18.2 Å². The molecule has 1 atom stereocenters. The predicted octanol–water partition coefficient (Wildman–Crippen LogP) is 2.50. The van der Waals surface area contributed by atoms with Gasteiger partial charge in [-0.2, -0.15) is 0 Å². The lowest BCUT2D eigenvalue weighted by Gasteiger charge is -2.25. The van der Waals surface area contributed by atoms with Gasteiger partial charge < -0.3 is 5.73 Å². The first-order chi connectivity index (χ1) is 7.18. The molecule has 0 aromatic heterocycles. The molecule has 2 N–H and O–H groups in total. The van der Waals surface area contributed by atoms with Crippen LogP contribution in [-0.2, 0) is 6.54 Å². The Labute approximate surface area is 92.1 Å². The molecule has 0 aliphatic heterocycles. The molecule has 82 valence electrons. The fraction of sp³-hybridized carbons (Fsp3) is 0.538. The largest absolute Gasteiger partial charge is 0.398 e. The topological polar surface area (TPSA) is 29.3 Å². The van der Waals surface area contributed by atoms with Crippen LogP contribution in [0.3, 0.4) is 0 Å². The van der Waals surface area contributed by atoms with E-state index in [1.54, 1.807) is 0 Å². The van der Waals surface area contributed by atoms with E-state index in [2.05, 4.69) is 31.0 Å². The number of nitrogens with two attached hydrogens (primary N) is 1. The number of anilines is 1. The molecule has 0 saturated heterocycles. The summed E-state index contributed by atoms with van der Waals surface area (Å²) in [7, 11) is 2.19. The second-order valence-electron chi connectivity index (χ2n) is 4.69. The van der Waals surface area contributed by atoms with E-state index >= 15 is 0 Å². The van der Waals surface area contributed by atoms with Gasteiger partial charge in [-0.25, -0.2) is 0 Å². The molecule has 2 heteroatoms. The number of rotatable bonds is 4. The van der Waals surface area contributed by atoms with E-state index in [4.69, 9.17) is 5.73 Å². The van der Waals surface area contributed by atoms with Crippen molar-refractivity contribution < 1.29 is 0 Å². The monoisotopic (exact) mass is 204 g/mol. The van der Waals surface area contributed by atoms with Crippen LogP contribution >= 0.6 is 0 Å². The summed E-state index contributed by atoms with van der Waals surface area (Å²) in [5.74, 6) is 0.917. The summed E-state index contributed by atoms with van der Waals surface area (Å²) < 4.78 is 0. The highest BCUT2D eigenvalue weighted by molar-refractivity contribution is 5.46. The smallest absolute Gasteiger partial charge is 0.0359 e. The fourth-order valence-electron chi connectivity index (χ4n) is 2.03. The van der Waals surface area contributed by atoms with Gasteiger partial charge in [-0.15, -0.1) is 0 Å². The molecule has 15 heavy (non-hydrogen) atoms. The standard InChI is InChI=1S/C13H20N2/c1-10(11-7-8-11)15(2)9-12-5-3-4-6-13(12)14/h3-6,10-11H,7-9,14H2,1-2H3. The molecular weight excluding hydrogens is 184 g/mol. The average Bonchev–Trinajstić information content (AvgIpc) is 3.04. The van der Waals surface area contributed by atoms with Crippen LogP contribution in [0.1, 0.15) is 25.3 Å². The third-order valence-corrected chi connectivity index (χ3v) is 3.47. The predicted molar refractivity (Wildman–Crippen MR) is 64.5 cm³/mol. The summed E-state index contributed by atoms with van der Waals surface area (Å²) in [6, 6.07) is 8.82. The summed E-state index contributed by atoms with van der Waals surface area (Å²) in [5.41, 5.74) is 8.09. The van der Waals surface area contributed by atoms with E-state index in [0.717, 1.165) is 18.2 Å². The normalized spacial score (nSPS) is 18.1. The van der Waals surface area contributed by atoms with Crippen LogP contribution in [0.25, 0.3) is 0 Å². The van der Waals surface area contributed by atoms with Crippen molar-refractivity contribution in [3.8, 4) is 0 Å². The number of hydrogen-bond acceptors (Lipinski definition) is 2. The van der Waals surface area contributed by atoms with Crippen molar-refractivity contribution in [2.45, 2.75) is 32.4 Å². The molecule has 1 aromatic carbocycles. The Morgan fingerprint density at radius 2 is 2.07 bits per heavy atom. The van der Waals surface area contributed by atoms with Crippen molar-refractivity contribution in [1.29, 1.82) is 0 Å². The van der Waals surface area contributed by atoms with E-state index in [9.17, 15) is 0 Å². The summed E-state index contributed by atoms with van der Waals surface area (Å²) >= 11 is 0. The van der Waals surface area contributed by atoms with Gasteiger partial charge in [0.1, 0.15) is 0 Å². The number of nitrogens with zero attached hydrogens (tertiary/aromatic N) is 1. The van der Waals surface area contributed by atoms with Crippen molar-refractivity contribution in [2.75, 3.05) is 12.8 Å². The number of para-hydroxylation sites is 1. The minimum atomic E-state index is 0.685. The quantitative estimate of drug-likeness (QED) is 0.763. The average molecular weight is 204 g/mol. The Kier molecular flexibility index (Phi) is 2.96. The first kappa shape index (κ1) is 10.5. The molecule has 1 aliphatic carbocycles.